The first kappa shape index (κ1) is 30.5. The van der Waals surface area contributed by atoms with Crippen LogP contribution in [0.15, 0.2) is 71.6 Å². The third kappa shape index (κ3) is 10.6. The highest BCUT2D eigenvalue weighted by atomic mass is 32.2. The molecule has 0 aromatic heterocycles. The average Bonchev–Trinajstić information content (AvgIpc) is 2.88. The lowest BCUT2D eigenvalue weighted by atomic mass is 10.2. The zero-order valence-corrected chi connectivity index (χ0v) is 23.2. The Morgan fingerprint density at radius 2 is 1.62 bits per heavy atom. The van der Waals surface area contributed by atoms with Gasteiger partial charge in [0.25, 0.3) is 10.1 Å². The lowest BCUT2D eigenvalue weighted by molar-refractivity contribution is 0.00220. The number of nitrogens with one attached hydrogen (secondary N) is 1. The largest absolute Gasteiger partial charge is 0.491 e. The average molecular weight is 564 g/mol. The van der Waals surface area contributed by atoms with Gasteiger partial charge in [0.2, 0.25) is 6.29 Å². The molecule has 0 radical (unpaired) electrons. The molecule has 3 aromatic carbocycles. The van der Waals surface area contributed by atoms with Gasteiger partial charge in [-0.05, 0) is 55.3 Å². The van der Waals surface area contributed by atoms with Crippen LogP contribution in [-0.2, 0) is 25.5 Å². The molecule has 1 unspecified atom stereocenters. The zero-order valence-electron chi connectivity index (χ0n) is 22.4. The van der Waals surface area contributed by atoms with E-state index >= 15 is 0 Å². The molecule has 212 valence electrons. The third-order valence-electron chi connectivity index (χ3n) is 5.58. The van der Waals surface area contributed by atoms with Crippen LogP contribution in [0.3, 0.4) is 0 Å². The van der Waals surface area contributed by atoms with E-state index in [0.29, 0.717) is 19.6 Å². The second kappa shape index (κ2) is 14.9. The summed E-state index contributed by atoms with van der Waals surface area (Å²) in [5.41, 5.74) is 1.87. The quantitative estimate of drug-likeness (QED) is 0.142. The van der Waals surface area contributed by atoms with Crippen molar-refractivity contribution in [2.75, 3.05) is 26.4 Å². The Balaban J connectivity index is 1.53. The van der Waals surface area contributed by atoms with Gasteiger partial charge in [-0.2, -0.15) is 8.42 Å². The highest BCUT2D eigenvalue weighted by molar-refractivity contribution is 7.86. The number of ether oxygens (including phenoxy) is 3. The maximum absolute atomic E-state index is 14.8. The molecular weight excluding hydrogens is 528 g/mol. The minimum Gasteiger partial charge on any atom is -0.491 e. The normalized spacial score (nSPS) is 12.5. The summed E-state index contributed by atoms with van der Waals surface area (Å²) in [7, 11) is -4.14. The van der Waals surface area contributed by atoms with Crippen LogP contribution in [-0.4, -0.2) is 47.1 Å². The van der Waals surface area contributed by atoms with Crippen molar-refractivity contribution >= 4 is 10.1 Å². The molecule has 0 heterocycles. The van der Waals surface area contributed by atoms with Crippen molar-refractivity contribution in [1.29, 1.82) is 0 Å². The first-order chi connectivity index (χ1) is 18.6. The van der Waals surface area contributed by atoms with Crippen molar-refractivity contribution in [3.05, 3.63) is 89.5 Å². The predicted octanol–water partition coefficient (Wildman–Crippen LogP) is 5.41. The number of benzene rings is 3. The summed E-state index contributed by atoms with van der Waals surface area (Å²) in [4.78, 5) is -0.0115. The van der Waals surface area contributed by atoms with Crippen LogP contribution >= 0.6 is 0 Å². The van der Waals surface area contributed by atoms with Gasteiger partial charge in [-0.25, -0.2) is 13.0 Å². The number of rotatable bonds is 16. The van der Waals surface area contributed by atoms with Crippen molar-refractivity contribution in [3.63, 3.8) is 0 Å². The second-order valence-electron chi connectivity index (χ2n) is 9.24. The van der Waals surface area contributed by atoms with Gasteiger partial charge in [0.15, 0.2) is 11.6 Å². The van der Waals surface area contributed by atoms with E-state index in [4.69, 9.17) is 18.4 Å². The SMILES string of the molecule is Cc1ccc(S(=O)(=O)OC(CCNC(C)C)Oc2ccc(OCCOCCc3ccc(F)cc3)cc2F)cc1. The zero-order chi connectivity index (χ0) is 28.3. The Kier molecular flexibility index (Phi) is 11.7. The van der Waals surface area contributed by atoms with Crippen LogP contribution in [0.4, 0.5) is 8.78 Å². The molecule has 0 aliphatic carbocycles. The molecule has 0 aliphatic rings. The smallest absolute Gasteiger partial charge is 0.300 e. The lowest BCUT2D eigenvalue weighted by Gasteiger charge is -2.21. The van der Waals surface area contributed by atoms with Crippen molar-refractivity contribution in [2.45, 2.75) is 50.8 Å². The van der Waals surface area contributed by atoms with E-state index in [0.717, 1.165) is 17.2 Å². The highest BCUT2D eigenvalue weighted by Gasteiger charge is 2.24. The maximum Gasteiger partial charge on any atom is 0.300 e. The van der Waals surface area contributed by atoms with Gasteiger partial charge in [-0.15, -0.1) is 0 Å². The van der Waals surface area contributed by atoms with Gasteiger partial charge in [-0.3, -0.25) is 0 Å². The van der Waals surface area contributed by atoms with Gasteiger partial charge in [-0.1, -0.05) is 43.7 Å². The monoisotopic (exact) mass is 563 g/mol. The summed E-state index contributed by atoms with van der Waals surface area (Å²) >= 11 is 0. The number of aryl methyl sites for hydroxylation is 1. The summed E-state index contributed by atoms with van der Waals surface area (Å²) in [6, 6.07) is 16.7. The molecule has 10 heteroatoms. The fourth-order valence-electron chi connectivity index (χ4n) is 3.49. The first-order valence-electron chi connectivity index (χ1n) is 12.8. The van der Waals surface area contributed by atoms with Gasteiger partial charge in [0, 0.05) is 25.1 Å². The summed E-state index contributed by atoms with van der Waals surface area (Å²) in [6.07, 6.45) is -0.453. The first-order valence-corrected chi connectivity index (χ1v) is 14.2. The number of hydrogen-bond donors (Lipinski definition) is 1. The van der Waals surface area contributed by atoms with Crippen LogP contribution in [0.25, 0.3) is 0 Å². The summed E-state index contributed by atoms with van der Waals surface area (Å²) in [5.74, 6) is -0.891. The molecule has 0 fully saturated rings. The van der Waals surface area contributed by atoms with E-state index in [-0.39, 0.29) is 47.9 Å². The summed E-state index contributed by atoms with van der Waals surface area (Å²) in [5, 5.41) is 3.17. The summed E-state index contributed by atoms with van der Waals surface area (Å²) < 4.78 is 75.5. The Labute approximate surface area is 229 Å². The minimum atomic E-state index is -4.14. The second-order valence-corrected chi connectivity index (χ2v) is 10.8. The van der Waals surface area contributed by atoms with Gasteiger partial charge >= 0.3 is 0 Å². The molecule has 0 saturated heterocycles. The molecule has 0 spiro atoms. The van der Waals surface area contributed by atoms with Crippen LogP contribution in [0.1, 0.15) is 31.4 Å². The standard InChI is InChI=1S/C29H35F2NO6S/c1-21(2)32-16-14-29(38-39(33,34)26-11-4-22(3)5-12-26)37-28-13-10-25(20-27(28)31)36-19-18-35-17-15-23-6-8-24(30)9-7-23/h4-13,20-21,29,32H,14-19H2,1-3H3. The van der Waals surface area contributed by atoms with Crippen molar-refractivity contribution in [1.82, 2.24) is 5.32 Å². The van der Waals surface area contributed by atoms with E-state index in [1.165, 1.54) is 36.4 Å². The van der Waals surface area contributed by atoms with Gasteiger partial charge < -0.3 is 19.5 Å². The minimum absolute atomic E-state index is 0.0115. The van der Waals surface area contributed by atoms with Gasteiger partial charge in [0.05, 0.1) is 18.1 Å². The molecule has 7 nitrogen and oxygen atoms in total. The van der Waals surface area contributed by atoms with Crippen molar-refractivity contribution in [2.24, 2.45) is 0 Å². The molecule has 39 heavy (non-hydrogen) atoms. The Bertz CT molecular complexity index is 1270. The Morgan fingerprint density at radius 3 is 2.28 bits per heavy atom. The fraction of sp³-hybridized carbons (Fsp3) is 0.379. The molecule has 0 aliphatic heterocycles. The number of halogens is 2. The van der Waals surface area contributed by atoms with E-state index in [9.17, 15) is 17.2 Å². The van der Waals surface area contributed by atoms with Gasteiger partial charge in [0.1, 0.15) is 18.2 Å². The van der Waals surface area contributed by atoms with Crippen molar-refractivity contribution in [3.8, 4) is 11.5 Å². The number of hydrogen-bond acceptors (Lipinski definition) is 7. The maximum atomic E-state index is 14.8. The van der Waals surface area contributed by atoms with Crippen LogP contribution in [0, 0.1) is 18.6 Å². The molecular formula is C29H35F2NO6S. The van der Waals surface area contributed by atoms with Crippen LogP contribution in [0.5, 0.6) is 11.5 Å². The Hall–Kier alpha value is -3.05. The molecule has 0 amide bonds. The fourth-order valence-corrected chi connectivity index (χ4v) is 4.49. The van der Waals surface area contributed by atoms with E-state index in [1.54, 1.807) is 24.3 Å². The molecule has 3 aromatic rings. The molecule has 0 saturated carbocycles. The molecule has 1 N–H and O–H groups in total. The van der Waals surface area contributed by atoms with E-state index in [2.05, 4.69) is 5.32 Å². The van der Waals surface area contributed by atoms with Crippen molar-refractivity contribution < 1.29 is 35.6 Å². The van der Waals surface area contributed by atoms with E-state index < -0.39 is 22.2 Å². The van der Waals surface area contributed by atoms with Crippen LogP contribution < -0.4 is 14.8 Å². The molecule has 0 bridgehead atoms. The molecule has 1 atom stereocenters. The van der Waals surface area contributed by atoms with Crippen LogP contribution in [0.2, 0.25) is 0 Å². The Morgan fingerprint density at radius 1 is 0.897 bits per heavy atom. The highest BCUT2D eigenvalue weighted by Crippen LogP contribution is 2.26. The summed E-state index contributed by atoms with van der Waals surface area (Å²) in [6.45, 7) is 7.08. The lowest BCUT2D eigenvalue weighted by Crippen LogP contribution is -2.32. The predicted molar refractivity (Wildman–Crippen MR) is 144 cm³/mol. The molecule has 3 rings (SSSR count). The van der Waals surface area contributed by atoms with E-state index in [1.807, 2.05) is 20.8 Å². The topological polar surface area (TPSA) is 83.1 Å². The third-order valence-corrected chi connectivity index (χ3v) is 6.90.